The van der Waals surface area contributed by atoms with Gasteiger partial charge >= 0.3 is 0 Å². The molecule has 1 aromatic rings. The molecule has 0 bridgehead atoms. The Balaban J connectivity index is 2.71. The quantitative estimate of drug-likeness (QED) is 0.580. The summed E-state index contributed by atoms with van der Waals surface area (Å²) in [6.07, 6.45) is 0.175. The summed E-state index contributed by atoms with van der Waals surface area (Å²) in [5.74, 6) is 0.697. The lowest BCUT2D eigenvalue weighted by Gasteiger charge is -2.08. The number of nitrogens with zero attached hydrogens (tertiary/aromatic N) is 1. The van der Waals surface area contributed by atoms with Crippen molar-refractivity contribution in [3.05, 3.63) is 28.7 Å². The lowest BCUT2D eigenvalue weighted by atomic mass is 10.3. The molecular weight excluding hydrogens is 242 g/mol. The minimum atomic E-state index is 0.175. The Morgan fingerprint density at radius 1 is 1.29 bits per heavy atom. The van der Waals surface area contributed by atoms with Gasteiger partial charge in [0.1, 0.15) is 0 Å². The van der Waals surface area contributed by atoms with Crippen LogP contribution in [0.15, 0.2) is 33.7 Å². The van der Waals surface area contributed by atoms with E-state index in [1.54, 1.807) is 0 Å². The summed E-state index contributed by atoms with van der Waals surface area (Å²) in [5.41, 5.74) is 0.909. The van der Waals surface area contributed by atoms with Gasteiger partial charge in [0, 0.05) is 11.4 Å². The maximum atomic E-state index is 5.42. The fourth-order valence-electron chi connectivity index (χ4n) is 1.06. The van der Waals surface area contributed by atoms with Gasteiger partial charge in [-0.15, -0.1) is 0 Å². The van der Waals surface area contributed by atoms with Crippen molar-refractivity contribution in [2.75, 3.05) is 0 Å². The van der Waals surface area contributed by atoms with Gasteiger partial charge in [-0.2, -0.15) is 0 Å². The Labute approximate surface area is 93.1 Å². The maximum absolute atomic E-state index is 5.42. The molecule has 0 atom stereocenters. The highest BCUT2D eigenvalue weighted by Gasteiger charge is 1.96. The van der Waals surface area contributed by atoms with Crippen LogP contribution in [0.25, 0.3) is 0 Å². The summed E-state index contributed by atoms with van der Waals surface area (Å²) in [5, 5.41) is 0. The van der Waals surface area contributed by atoms with Crippen molar-refractivity contribution >= 4 is 27.5 Å². The van der Waals surface area contributed by atoms with E-state index in [0.29, 0.717) is 5.90 Å². The number of hydrogen-bond donors (Lipinski definition) is 0. The predicted octanol–water partition coefficient (Wildman–Crippen LogP) is 3.92. The fourth-order valence-corrected chi connectivity index (χ4v) is 1.33. The van der Waals surface area contributed by atoms with Crippen molar-refractivity contribution in [1.29, 1.82) is 0 Å². The Hall–Kier alpha value is -0.830. The summed E-state index contributed by atoms with van der Waals surface area (Å²) >= 11 is 3.37. The summed E-state index contributed by atoms with van der Waals surface area (Å²) < 4.78 is 6.48. The lowest BCUT2D eigenvalue weighted by Crippen LogP contribution is -2.07. The Morgan fingerprint density at radius 2 is 1.86 bits per heavy atom. The molecule has 3 heteroatoms. The van der Waals surface area contributed by atoms with Crippen molar-refractivity contribution in [1.82, 2.24) is 0 Å². The fraction of sp³-hybridized carbons (Fsp3) is 0.364. The minimum Gasteiger partial charge on any atom is -0.478 e. The predicted molar refractivity (Wildman–Crippen MR) is 63.1 cm³/mol. The maximum Gasteiger partial charge on any atom is 0.185 e. The zero-order valence-electron chi connectivity index (χ0n) is 8.62. The van der Waals surface area contributed by atoms with Gasteiger partial charge in [-0.25, -0.2) is 4.99 Å². The number of benzene rings is 1. The molecule has 0 fully saturated rings. The summed E-state index contributed by atoms with van der Waals surface area (Å²) in [6, 6.07) is 7.80. The first-order chi connectivity index (χ1) is 6.58. The molecule has 0 saturated heterocycles. The van der Waals surface area contributed by atoms with Crippen molar-refractivity contribution in [2.45, 2.75) is 26.9 Å². The molecule has 0 radical (unpaired) electrons. The molecule has 0 saturated carbocycles. The number of halogens is 1. The van der Waals surface area contributed by atoms with Crippen LogP contribution in [0.5, 0.6) is 0 Å². The van der Waals surface area contributed by atoms with E-state index in [0.717, 1.165) is 10.2 Å². The van der Waals surface area contributed by atoms with Crippen LogP contribution in [0.4, 0.5) is 5.69 Å². The van der Waals surface area contributed by atoms with Crippen LogP contribution < -0.4 is 0 Å². The molecule has 1 rings (SSSR count). The van der Waals surface area contributed by atoms with Crippen molar-refractivity contribution in [2.24, 2.45) is 4.99 Å². The van der Waals surface area contributed by atoms with Gasteiger partial charge in [0.25, 0.3) is 0 Å². The lowest BCUT2D eigenvalue weighted by molar-refractivity contribution is 0.226. The Bertz CT molecular complexity index is 317. The summed E-state index contributed by atoms with van der Waals surface area (Å²) in [6.45, 7) is 5.84. The molecule has 0 aliphatic rings. The number of hydrogen-bond acceptors (Lipinski definition) is 2. The third-order valence-electron chi connectivity index (χ3n) is 1.52. The molecule has 0 aromatic heterocycles. The molecule has 2 nitrogen and oxygen atoms in total. The molecule has 0 aliphatic heterocycles. The molecule has 76 valence electrons. The van der Waals surface area contributed by atoms with Gasteiger partial charge in [0.05, 0.1) is 11.8 Å². The van der Waals surface area contributed by atoms with E-state index in [4.69, 9.17) is 4.74 Å². The van der Waals surface area contributed by atoms with E-state index in [1.807, 2.05) is 45.0 Å². The third-order valence-corrected chi connectivity index (χ3v) is 2.05. The SMILES string of the molecule is CC(=Nc1ccc(Br)cc1)OC(C)C. The van der Waals surface area contributed by atoms with Gasteiger partial charge < -0.3 is 4.74 Å². The highest BCUT2D eigenvalue weighted by molar-refractivity contribution is 9.10. The normalized spacial score (nSPS) is 11.9. The van der Waals surface area contributed by atoms with Gasteiger partial charge in [0.2, 0.25) is 0 Å². The van der Waals surface area contributed by atoms with E-state index in [9.17, 15) is 0 Å². The van der Waals surface area contributed by atoms with Crippen LogP contribution in [0.2, 0.25) is 0 Å². The van der Waals surface area contributed by atoms with Gasteiger partial charge in [-0.05, 0) is 38.1 Å². The van der Waals surface area contributed by atoms with Crippen LogP contribution >= 0.6 is 15.9 Å². The molecule has 14 heavy (non-hydrogen) atoms. The third kappa shape index (κ3) is 3.92. The highest BCUT2D eigenvalue weighted by Crippen LogP contribution is 2.17. The standard InChI is InChI=1S/C11H14BrNO/c1-8(2)14-9(3)13-11-6-4-10(12)5-7-11/h4-8H,1-3H3. The molecular formula is C11H14BrNO. The first kappa shape index (κ1) is 11.2. The monoisotopic (exact) mass is 255 g/mol. The molecule has 0 amide bonds. The van der Waals surface area contributed by atoms with E-state index < -0.39 is 0 Å². The second-order valence-electron chi connectivity index (χ2n) is 3.27. The van der Waals surface area contributed by atoms with Gasteiger partial charge in [0.15, 0.2) is 5.90 Å². The average molecular weight is 256 g/mol. The van der Waals surface area contributed by atoms with E-state index in [-0.39, 0.29) is 6.10 Å². The van der Waals surface area contributed by atoms with E-state index in [1.165, 1.54) is 0 Å². The zero-order valence-corrected chi connectivity index (χ0v) is 10.2. The Kier molecular flexibility index (Phi) is 4.14. The van der Waals surface area contributed by atoms with Crippen molar-refractivity contribution in [3.63, 3.8) is 0 Å². The van der Waals surface area contributed by atoms with Crippen molar-refractivity contribution in [3.8, 4) is 0 Å². The van der Waals surface area contributed by atoms with E-state index >= 15 is 0 Å². The smallest absolute Gasteiger partial charge is 0.185 e. The Morgan fingerprint density at radius 3 is 2.36 bits per heavy atom. The van der Waals surface area contributed by atoms with E-state index in [2.05, 4.69) is 20.9 Å². The molecule has 1 aromatic carbocycles. The van der Waals surface area contributed by atoms with Crippen LogP contribution in [-0.4, -0.2) is 12.0 Å². The van der Waals surface area contributed by atoms with Crippen LogP contribution in [0.3, 0.4) is 0 Å². The molecule has 0 spiro atoms. The number of aliphatic imine (C=N–C) groups is 1. The van der Waals surface area contributed by atoms with Gasteiger partial charge in [-0.3, -0.25) is 0 Å². The zero-order chi connectivity index (χ0) is 10.6. The molecule has 0 heterocycles. The number of rotatable bonds is 2. The van der Waals surface area contributed by atoms with Crippen LogP contribution in [0.1, 0.15) is 20.8 Å². The molecule has 0 aliphatic carbocycles. The topological polar surface area (TPSA) is 21.6 Å². The second-order valence-corrected chi connectivity index (χ2v) is 4.19. The summed E-state index contributed by atoms with van der Waals surface area (Å²) in [4.78, 5) is 4.31. The van der Waals surface area contributed by atoms with Gasteiger partial charge in [-0.1, -0.05) is 15.9 Å². The van der Waals surface area contributed by atoms with Crippen LogP contribution in [0, 0.1) is 0 Å². The molecule has 0 N–H and O–H groups in total. The summed E-state index contributed by atoms with van der Waals surface area (Å²) in [7, 11) is 0. The highest BCUT2D eigenvalue weighted by atomic mass is 79.9. The largest absolute Gasteiger partial charge is 0.478 e. The van der Waals surface area contributed by atoms with Crippen molar-refractivity contribution < 1.29 is 4.74 Å². The first-order valence-electron chi connectivity index (χ1n) is 4.55. The second kappa shape index (κ2) is 5.15. The average Bonchev–Trinajstić information content (AvgIpc) is 2.07. The first-order valence-corrected chi connectivity index (χ1v) is 5.35. The van der Waals surface area contributed by atoms with Crippen LogP contribution in [-0.2, 0) is 4.74 Å². The molecule has 0 unspecified atom stereocenters. The minimum absolute atomic E-state index is 0.175. The number of ether oxygens (including phenoxy) is 1.